The fraction of sp³-hybridized carbons (Fsp3) is 0.846. The molecule has 0 amide bonds. The number of likely N-dealkylation sites (tertiary alicyclic amines) is 1. The second-order valence-corrected chi connectivity index (χ2v) is 5.16. The molecule has 2 fully saturated rings. The topological polar surface area (TPSA) is 3.24 Å². The van der Waals surface area contributed by atoms with Crippen molar-refractivity contribution in [1.29, 1.82) is 0 Å². The first-order chi connectivity index (χ1) is 6.81. The van der Waals surface area contributed by atoms with E-state index >= 15 is 0 Å². The normalized spacial score (nSPS) is 32.2. The van der Waals surface area contributed by atoms with Crippen LogP contribution in [0.15, 0.2) is 12.7 Å². The summed E-state index contributed by atoms with van der Waals surface area (Å²) in [5.74, 6) is 1.82. The van der Waals surface area contributed by atoms with E-state index in [1.165, 1.54) is 45.2 Å². The van der Waals surface area contributed by atoms with Crippen LogP contribution in [0.1, 0.15) is 39.0 Å². The first kappa shape index (κ1) is 10.2. The maximum Gasteiger partial charge on any atom is 0.0303 e. The van der Waals surface area contributed by atoms with Crippen LogP contribution in [0.5, 0.6) is 0 Å². The molecular formula is C13H23N. The zero-order valence-electron chi connectivity index (χ0n) is 9.41. The third-order valence-electron chi connectivity index (χ3n) is 4.00. The summed E-state index contributed by atoms with van der Waals surface area (Å²) in [6, 6.07) is 0.683. The fourth-order valence-electron chi connectivity index (χ4n) is 3.18. The van der Waals surface area contributed by atoms with Gasteiger partial charge in [0.15, 0.2) is 0 Å². The predicted octanol–water partition coefficient (Wildman–Crippen LogP) is 3.07. The summed E-state index contributed by atoms with van der Waals surface area (Å²) in [5.41, 5.74) is 0. The molecule has 0 aromatic carbocycles. The molecule has 80 valence electrons. The molecule has 2 aliphatic rings. The van der Waals surface area contributed by atoms with E-state index in [-0.39, 0.29) is 0 Å². The molecular weight excluding hydrogens is 170 g/mol. The zero-order valence-corrected chi connectivity index (χ0v) is 9.41. The molecule has 1 heteroatoms. The molecule has 0 bridgehead atoms. The monoisotopic (exact) mass is 193 g/mol. The SMILES string of the molecule is C=CC(C1CCCC1)N1CCC(C)C1. The lowest BCUT2D eigenvalue weighted by molar-refractivity contribution is 0.210. The highest BCUT2D eigenvalue weighted by molar-refractivity contribution is 4.96. The lowest BCUT2D eigenvalue weighted by Gasteiger charge is -2.30. The maximum absolute atomic E-state index is 4.03. The van der Waals surface area contributed by atoms with Gasteiger partial charge in [-0.25, -0.2) is 0 Å². The van der Waals surface area contributed by atoms with Gasteiger partial charge in [-0.15, -0.1) is 6.58 Å². The minimum atomic E-state index is 0.683. The Labute approximate surface area is 88.2 Å². The summed E-state index contributed by atoms with van der Waals surface area (Å²) in [6.07, 6.45) is 9.34. The van der Waals surface area contributed by atoms with Gasteiger partial charge in [-0.2, -0.15) is 0 Å². The summed E-state index contributed by atoms with van der Waals surface area (Å²) < 4.78 is 0. The summed E-state index contributed by atoms with van der Waals surface area (Å²) in [4.78, 5) is 2.66. The molecule has 1 saturated heterocycles. The molecule has 0 aromatic heterocycles. The van der Waals surface area contributed by atoms with Gasteiger partial charge in [0, 0.05) is 12.6 Å². The molecule has 0 N–H and O–H groups in total. The molecule has 1 nitrogen and oxygen atoms in total. The van der Waals surface area contributed by atoms with Crippen LogP contribution in [-0.4, -0.2) is 24.0 Å². The largest absolute Gasteiger partial charge is 0.296 e. The number of nitrogens with zero attached hydrogens (tertiary/aromatic N) is 1. The quantitative estimate of drug-likeness (QED) is 0.623. The van der Waals surface area contributed by atoms with E-state index in [9.17, 15) is 0 Å². The van der Waals surface area contributed by atoms with Gasteiger partial charge >= 0.3 is 0 Å². The van der Waals surface area contributed by atoms with Crippen molar-refractivity contribution in [2.75, 3.05) is 13.1 Å². The van der Waals surface area contributed by atoms with Gasteiger partial charge in [0.05, 0.1) is 0 Å². The minimum absolute atomic E-state index is 0.683. The Balaban J connectivity index is 1.94. The molecule has 0 spiro atoms. The summed E-state index contributed by atoms with van der Waals surface area (Å²) >= 11 is 0. The number of hydrogen-bond acceptors (Lipinski definition) is 1. The van der Waals surface area contributed by atoms with Gasteiger partial charge in [-0.05, 0) is 37.6 Å². The van der Waals surface area contributed by atoms with Gasteiger partial charge in [-0.3, -0.25) is 4.90 Å². The first-order valence-electron chi connectivity index (χ1n) is 6.18. The third kappa shape index (κ3) is 2.03. The van der Waals surface area contributed by atoms with Crippen molar-refractivity contribution in [3.63, 3.8) is 0 Å². The average Bonchev–Trinajstić information content (AvgIpc) is 2.79. The van der Waals surface area contributed by atoms with E-state index in [4.69, 9.17) is 0 Å². The summed E-state index contributed by atoms with van der Waals surface area (Å²) in [7, 11) is 0. The van der Waals surface area contributed by atoms with Gasteiger partial charge in [0.2, 0.25) is 0 Å². The van der Waals surface area contributed by atoms with E-state index in [1.54, 1.807) is 0 Å². The van der Waals surface area contributed by atoms with Crippen LogP contribution in [-0.2, 0) is 0 Å². The van der Waals surface area contributed by atoms with Crippen LogP contribution >= 0.6 is 0 Å². The molecule has 0 aromatic rings. The van der Waals surface area contributed by atoms with Crippen molar-refractivity contribution >= 4 is 0 Å². The number of hydrogen-bond donors (Lipinski definition) is 0. The Morgan fingerprint density at radius 1 is 1.29 bits per heavy atom. The predicted molar refractivity (Wildman–Crippen MR) is 61.3 cm³/mol. The van der Waals surface area contributed by atoms with Gasteiger partial charge < -0.3 is 0 Å². The Morgan fingerprint density at radius 2 is 2.00 bits per heavy atom. The Morgan fingerprint density at radius 3 is 2.50 bits per heavy atom. The van der Waals surface area contributed by atoms with Crippen molar-refractivity contribution in [3.05, 3.63) is 12.7 Å². The molecule has 2 rings (SSSR count). The van der Waals surface area contributed by atoms with E-state index in [2.05, 4.69) is 24.5 Å². The van der Waals surface area contributed by atoms with Crippen molar-refractivity contribution in [3.8, 4) is 0 Å². The highest BCUT2D eigenvalue weighted by Gasteiger charge is 2.30. The molecule has 2 atom stereocenters. The average molecular weight is 193 g/mol. The Hall–Kier alpha value is -0.300. The molecule has 1 aliphatic heterocycles. The van der Waals surface area contributed by atoms with Crippen LogP contribution in [0.3, 0.4) is 0 Å². The van der Waals surface area contributed by atoms with E-state index in [1.807, 2.05) is 0 Å². The van der Waals surface area contributed by atoms with Crippen LogP contribution < -0.4 is 0 Å². The van der Waals surface area contributed by atoms with E-state index in [0.717, 1.165) is 11.8 Å². The minimum Gasteiger partial charge on any atom is -0.296 e. The van der Waals surface area contributed by atoms with Crippen LogP contribution in [0.2, 0.25) is 0 Å². The molecule has 2 unspecified atom stereocenters. The summed E-state index contributed by atoms with van der Waals surface area (Å²) in [6.45, 7) is 9.00. The highest BCUT2D eigenvalue weighted by atomic mass is 15.2. The standard InChI is InChI=1S/C13H23N/c1-3-13(12-6-4-5-7-12)14-9-8-11(2)10-14/h3,11-13H,1,4-10H2,2H3. The van der Waals surface area contributed by atoms with Crippen LogP contribution in [0.25, 0.3) is 0 Å². The van der Waals surface area contributed by atoms with E-state index < -0.39 is 0 Å². The number of rotatable bonds is 3. The second-order valence-electron chi connectivity index (χ2n) is 5.16. The highest BCUT2D eigenvalue weighted by Crippen LogP contribution is 2.33. The van der Waals surface area contributed by atoms with Gasteiger partial charge in [0.1, 0.15) is 0 Å². The van der Waals surface area contributed by atoms with Gasteiger partial charge in [0.25, 0.3) is 0 Å². The zero-order chi connectivity index (χ0) is 9.97. The van der Waals surface area contributed by atoms with Crippen molar-refractivity contribution in [1.82, 2.24) is 4.90 Å². The summed E-state index contributed by atoms with van der Waals surface area (Å²) in [5, 5.41) is 0. The van der Waals surface area contributed by atoms with Gasteiger partial charge in [-0.1, -0.05) is 25.8 Å². The molecule has 1 aliphatic carbocycles. The smallest absolute Gasteiger partial charge is 0.0303 e. The van der Waals surface area contributed by atoms with Crippen LogP contribution in [0, 0.1) is 11.8 Å². The fourth-order valence-corrected chi connectivity index (χ4v) is 3.18. The van der Waals surface area contributed by atoms with E-state index in [0.29, 0.717) is 6.04 Å². The molecule has 14 heavy (non-hydrogen) atoms. The Bertz CT molecular complexity index is 193. The van der Waals surface area contributed by atoms with Crippen molar-refractivity contribution < 1.29 is 0 Å². The Kier molecular flexibility index (Phi) is 3.27. The lowest BCUT2D eigenvalue weighted by atomic mass is 9.97. The lowest BCUT2D eigenvalue weighted by Crippen LogP contribution is -2.36. The molecule has 0 radical (unpaired) electrons. The molecule has 1 heterocycles. The molecule has 1 saturated carbocycles. The maximum atomic E-state index is 4.03. The van der Waals surface area contributed by atoms with Crippen LogP contribution in [0.4, 0.5) is 0 Å². The first-order valence-corrected chi connectivity index (χ1v) is 6.18. The van der Waals surface area contributed by atoms with Crippen molar-refractivity contribution in [2.45, 2.75) is 45.1 Å². The third-order valence-corrected chi connectivity index (χ3v) is 4.00. The van der Waals surface area contributed by atoms with Crippen molar-refractivity contribution in [2.24, 2.45) is 11.8 Å². The second kappa shape index (κ2) is 4.48.